The molecule has 0 unspecified atom stereocenters. The van der Waals surface area contributed by atoms with Gasteiger partial charge in [0.15, 0.2) is 5.16 Å². The maximum absolute atomic E-state index is 12.7. The number of hydrogen-bond acceptors (Lipinski definition) is 7. The third kappa shape index (κ3) is 3.30. The van der Waals surface area contributed by atoms with E-state index in [-0.39, 0.29) is 23.0 Å². The Morgan fingerprint density at radius 3 is 2.39 bits per heavy atom. The van der Waals surface area contributed by atoms with Crippen LogP contribution in [0.25, 0.3) is 0 Å². The molecule has 28 heavy (non-hydrogen) atoms. The van der Waals surface area contributed by atoms with Crippen LogP contribution in [0, 0.1) is 0 Å². The summed E-state index contributed by atoms with van der Waals surface area (Å²) in [6.45, 7) is 0. The maximum atomic E-state index is 12.7. The number of alkyl halides is 3. The first-order valence-corrected chi connectivity index (χ1v) is 11.0. The van der Waals surface area contributed by atoms with E-state index in [2.05, 4.69) is 14.2 Å². The Labute approximate surface area is 163 Å². The topological polar surface area (TPSA) is 78.4 Å². The van der Waals surface area contributed by atoms with Gasteiger partial charge in [-0.3, -0.25) is 0 Å². The first-order chi connectivity index (χ1) is 13.1. The molecule has 0 bridgehead atoms. The molecule has 1 aliphatic heterocycles. The fourth-order valence-corrected chi connectivity index (χ4v) is 4.34. The summed E-state index contributed by atoms with van der Waals surface area (Å²) in [5.41, 5.74) is -3.66. The lowest BCUT2D eigenvalue weighted by atomic mass is 9.89. The van der Waals surface area contributed by atoms with Crippen LogP contribution in [-0.2, 0) is 29.4 Å². The molecule has 0 saturated carbocycles. The third-order valence-corrected chi connectivity index (χ3v) is 6.34. The van der Waals surface area contributed by atoms with E-state index in [1.807, 2.05) is 24.3 Å². The van der Waals surface area contributed by atoms with E-state index in [1.165, 1.54) is 0 Å². The average Bonchev–Trinajstić information content (AvgIpc) is 2.97. The van der Waals surface area contributed by atoms with E-state index in [0.29, 0.717) is 19.3 Å². The van der Waals surface area contributed by atoms with Crippen LogP contribution in [-0.4, -0.2) is 35.8 Å². The molecule has 0 radical (unpaired) electrons. The van der Waals surface area contributed by atoms with Crippen molar-refractivity contribution in [2.75, 3.05) is 6.26 Å². The zero-order valence-corrected chi connectivity index (χ0v) is 16.2. The number of thioether (sulfide) groups is 1. The number of nitrogens with zero attached hydrogens (tertiary/aromatic N) is 2. The normalized spacial score (nSPS) is 17.7. The van der Waals surface area contributed by atoms with Crippen molar-refractivity contribution in [3.63, 3.8) is 0 Å². The maximum Gasteiger partial charge on any atom is 0.534 e. The molecule has 11 heteroatoms. The van der Waals surface area contributed by atoms with Crippen LogP contribution in [0.3, 0.4) is 0 Å². The molecule has 0 amide bonds. The lowest BCUT2D eigenvalue weighted by Gasteiger charge is -2.35. The number of fused-ring (bicyclic) bond motifs is 2. The van der Waals surface area contributed by atoms with Gasteiger partial charge >= 0.3 is 15.6 Å². The number of hydrogen-bond donors (Lipinski definition) is 0. The highest BCUT2D eigenvalue weighted by molar-refractivity contribution is 7.98. The molecule has 1 aliphatic carbocycles. The van der Waals surface area contributed by atoms with Gasteiger partial charge in [0.05, 0.1) is 5.56 Å². The minimum atomic E-state index is -5.84. The van der Waals surface area contributed by atoms with Crippen molar-refractivity contribution in [3.05, 3.63) is 41.0 Å². The molecule has 2 heterocycles. The van der Waals surface area contributed by atoms with E-state index in [4.69, 9.17) is 4.74 Å². The molecule has 0 N–H and O–H groups in total. The highest BCUT2D eigenvalue weighted by atomic mass is 32.2. The van der Waals surface area contributed by atoms with Crippen LogP contribution >= 0.6 is 11.8 Å². The smallest absolute Gasteiger partial charge is 0.470 e. The molecule has 2 aliphatic rings. The van der Waals surface area contributed by atoms with Gasteiger partial charge in [-0.1, -0.05) is 36.0 Å². The lowest BCUT2D eigenvalue weighted by molar-refractivity contribution is -0.0502. The Morgan fingerprint density at radius 1 is 1.18 bits per heavy atom. The van der Waals surface area contributed by atoms with Crippen molar-refractivity contribution in [1.82, 2.24) is 9.97 Å². The molecule has 1 spiro atoms. The van der Waals surface area contributed by atoms with E-state index < -0.39 is 27.1 Å². The predicted octanol–water partition coefficient (Wildman–Crippen LogP) is 3.29. The highest BCUT2D eigenvalue weighted by Crippen LogP contribution is 2.44. The van der Waals surface area contributed by atoms with Gasteiger partial charge in [-0.15, -0.1) is 0 Å². The Bertz CT molecular complexity index is 1020. The Hall–Kier alpha value is -2.01. The summed E-state index contributed by atoms with van der Waals surface area (Å²) in [6.07, 6.45) is 3.66. The van der Waals surface area contributed by atoms with E-state index in [1.54, 1.807) is 6.26 Å². The van der Waals surface area contributed by atoms with Crippen LogP contribution in [0.5, 0.6) is 11.8 Å². The molecule has 0 atom stereocenters. The Morgan fingerprint density at radius 2 is 1.82 bits per heavy atom. The van der Waals surface area contributed by atoms with Crippen molar-refractivity contribution >= 4 is 21.9 Å². The Balaban J connectivity index is 1.70. The molecule has 150 valence electrons. The van der Waals surface area contributed by atoms with Gasteiger partial charge in [0, 0.05) is 12.8 Å². The zero-order valence-electron chi connectivity index (χ0n) is 14.6. The van der Waals surface area contributed by atoms with Gasteiger partial charge in [0.25, 0.3) is 0 Å². The average molecular weight is 432 g/mol. The van der Waals surface area contributed by atoms with Crippen LogP contribution in [0.2, 0.25) is 0 Å². The Kier molecular flexibility index (Phi) is 4.49. The van der Waals surface area contributed by atoms with Crippen molar-refractivity contribution in [2.45, 2.75) is 41.9 Å². The summed E-state index contributed by atoms with van der Waals surface area (Å²) >= 11 is 1.05. The van der Waals surface area contributed by atoms with E-state index >= 15 is 0 Å². The van der Waals surface area contributed by atoms with Gasteiger partial charge in [-0.2, -0.15) is 31.6 Å². The monoisotopic (exact) mass is 432 g/mol. The predicted molar refractivity (Wildman–Crippen MR) is 94.9 cm³/mol. The molecular weight excluding hydrogens is 417 g/mol. The second-order valence-corrected chi connectivity index (χ2v) is 9.00. The van der Waals surface area contributed by atoms with Crippen molar-refractivity contribution < 1.29 is 30.5 Å². The standard InChI is InChI=1S/C17H15F3N2O4S2/c1-27-15-21-13-12(14(22-15)26-28(23,24)17(18,19)20)6-7-16(25-13)8-10-4-2-3-5-11(10)9-16/h2-5H,6-9H2,1H3. The summed E-state index contributed by atoms with van der Waals surface area (Å²) in [6, 6.07) is 7.91. The minimum Gasteiger partial charge on any atom is -0.470 e. The number of ether oxygens (including phenoxy) is 1. The fraction of sp³-hybridized carbons (Fsp3) is 0.412. The largest absolute Gasteiger partial charge is 0.534 e. The number of rotatable bonds is 3. The van der Waals surface area contributed by atoms with Crippen molar-refractivity contribution in [3.8, 4) is 11.8 Å². The summed E-state index contributed by atoms with van der Waals surface area (Å²) in [5.74, 6) is -0.553. The molecule has 4 rings (SSSR count). The summed E-state index contributed by atoms with van der Waals surface area (Å²) < 4.78 is 71.5. The van der Waals surface area contributed by atoms with Gasteiger partial charge in [-0.25, -0.2) is 0 Å². The summed E-state index contributed by atoms with van der Waals surface area (Å²) in [7, 11) is -5.84. The highest BCUT2D eigenvalue weighted by Gasteiger charge is 2.50. The molecule has 6 nitrogen and oxygen atoms in total. The van der Waals surface area contributed by atoms with Crippen LogP contribution < -0.4 is 8.92 Å². The van der Waals surface area contributed by atoms with Gasteiger partial charge in [0.2, 0.25) is 11.8 Å². The quantitative estimate of drug-likeness (QED) is 0.319. The molecule has 1 aromatic carbocycles. The first kappa shape index (κ1) is 19.3. The van der Waals surface area contributed by atoms with Crippen LogP contribution in [0.15, 0.2) is 29.4 Å². The lowest BCUT2D eigenvalue weighted by Crippen LogP contribution is -2.41. The van der Waals surface area contributed by atoms with Crippen LogP contribution in [0.1, 0.15) is 23.1 Å². The van der Waals surface area contributed by atoms with E-state index in [9.17, 15) is 21.6 Å². The zero-order chi connectivity index (χ0) is 20.2. The fourth-order valence-electron chi connectivity index (χ4n) is 3.55. The van der Waals surface area contributed by atoms with Gasteiger partial charge < -0.3 is 8.92 Å². The number of aromatic nitrogens is 2. The van der Waals surface area contributed by atoms with Crippen molar-refractivity contribution in [1.29, 1.82) is 0 Å². The van der Waals surface area contributed by atoms with Crippen molar-refractivity contribution in [2.24, 2.45) is 0 Å². The second kappa shape index (κ2) is 6.51. The molecule has 1 aromatic heterocycles. The van der Waals surface area contributed by atoms with Gasteiger partial charge in [-0.05, 0) is 30.2 Å². The SMILES string of the molecule is CSc1nc2c(c(OS(=O)(=O)C(F)(F)F)n1)CCC1(Cc3ccccc3C1)O2. The summed E-state index contributed by atoms with van der Waals surface area (Å²) in [4.78, 5) is 8.07. The van der Waals surface area contributed by atoms with Crippen LogP contribution in [0.4, 0.5) is 13.2 Å². The summed E-state index contributed by atoms with van der Waals surface area (Å²) in [5, 5.41) is 0.0682. The molecule has 0 saturated heterocycles. The minimum absolute atomic E-state index is 0.0682. The first-order valence-electron chi connectivity index (χ1n) is 8.34. The van der Waals surface area contributed by atoms with E-state index in [0.717, 1.165) is 22.9 Å². The second-order valence-electron chi connectivity index (χ2n) is 6.69. The number of benzene rings is 1. The molecular formula is C17H15F3N2O4S2. The molecule has 0 fully saturated rings. The third-order valence-electron chi connectivity index (χ3n) is 4.85. The molecule has 2 aromatic rings. The van der Waals surface area contributed by atoms with Gasteiger partial charge in [0.1, 0.15) is 5.60 Å². The number of halogens is 3.